The molecule has 0 radical (unpaired) electrons. The molecule has 0 unspecified atom stereocenters. The highest BCUT2D eigenvalue weighted by molar-refractivity contribution is 5.98. The van der Waals surface area contributed by atoms with E-state index in [9.17, 15) is 9.59 Å². The molecule has 0 spiro atoms. The van der Waals surface area contributed by atoms with Crippen molar-refractivity contribution in [2.75, 3.05) is 60.0 Å². The number of hydrogen-bond donors (Lipinski definition) is 1. The van der Waals surface area contributed by atoms with E-state index in [0.29, 0.717) is 36.7 Å². The molecule has 0 bridgehead atoms. The number of nitrogens with one attached hydrogen (secondary N) is 1. The van der Waals surface area contributed by atoms with Gasteiger partial charge in [-0.2, -0.15) is 0 Å². The second kappa shape index (κ2) is 13.4. The number of ether oxygens (including phenoxy) is 4. The molecule has 1 heterocycles. The Labute approximate surface area is 219 Å². The predicted octanol–water partition coefficient (Wildman–Crippen LogP) is 3.29. The summed E-state index contributed by atoms with van der Waals surface area (Å²) in [6.45, 7) is 6.37. The molecule has 1 aliphatic heterocycles. The van der Waals surface area contributed by atoms with E-state index in [2.05, 4.69) is 30.1 Å². The van der Waals surface area contributed by atoms with Crippen LogP contribution in [0.4, 0.5) is 5.69 Å². The molecule has 2 aromatic carbocycles. The molecule has 0 aliphatic carbocycles. The molecular formula is C28H39N3O6. The van der Waals surface area contributed by atoms with Crippen LogP contribution in [0.1, 0.15) is 29.8 Å². The lowest BCUT2D eigenvalue weighted by molar-refractivity contribution is -0.119. The van der Waals surface area contributed by atoms with Crippen molar-refractivity contribution in [1.82, 2.24) is 9.80 Å². The zero-order chi connectivity index (χ0) is 26.9. The number of rotatable bonds is 7. The number of likely N-dealkylation sites (N-methyl/N-ethyl adjacent to an activating group) is 1. The molecule has 9 heteroatoms. The Morgan fingerprint density at radius 2 is 1.86 bits per heavy atom. The minimum Gasteiger partial charge on any atom is -0.496 e. The van der Waals surface area contributed by atoms with E-state index in [4.69, 9.17) is 18.9 Å². The standard InChI is InChI=1S/C28H39N3O6/c1-19-14-31(15-21-9-7-8-10-24(21)35-5)20(2)17-37-25-13-22(29-27(32)18-34-4)11-12-23(25)28(33)30(3)16-26(19)36-6/h7-13,19-20,26H,14-18H2,1-6H3,(H,29,32)/t19-,20-,26+/m0/s1. The SMILES string of the molecule is COCC(=O)Nc1ccc2c(c1)OC[C@H](C)N(Cc1ccccc1OC)C[C@H](C)[C@H](OC)CN(C)C2=O. The highest BCUT2D eigenvalue weighted by Gasteiger charge is 2.29. The molecule has 202 valence electrons. The maximum Gasteiger partial charge on any atom is 0.257 e. The van der Waals surface area contributed by atoms with Crippen LogP contribution in [0.5, 0.6) is 11.5 Å². The Morgan fingerprint density at radius 3 is 2.57 bits per heavy atom. The fourth-order valence-corrected chi connectivity index (χ4v) is 4.53. The summed E-state index contributed by atoms with van der Waals surface area (Å²) in [5.41, 5.74) is 2.05. The van der Waals surface area contributed by atoms with Crippen LogP contribution in [-0.4, -0.2) is 88.4 Å². The van der Waals surface area contributed by atoms with Crippen molar-refractivity contribution in [3.8, 4) is 11.5 Å². The fraction of sp³-hybridized carbons (Fsp3) is 0.500. The molecule has 3 rings (SSSR count). The van der Waals surface area contributed by atoms with Crippen molar-refractivity contribution >= 4 is 17.5 Å². The maximum absolute atomic E-state index is 13.4. The van der Waals surface area contributed by atoms with E-state index in [1.807, 2.05) is 18.2 Å². The van der Waals surface area contributed by atoms with Crippen molar-refractivity contribution in [3.63, 3.8) is 0 Å². The van der Waals surface area contributed by atoms with Gasteiger partial charge in [0.25, 0.3) is 5.91 Å². The number of fused-ring (bicyclic) bond motifs is 1. The molecule has 2 aromatic rings. The van der Waals surface area contributed by atoms with E-state index < -0.39 is 0 Å². The smallest absolute Gasteiger partial charge is 0.257 e. The third-order valence-electron chi connectivity index (χ3n) is 6.70. The van der Waals surface area contributed by atoms with Gasteiger partial charge in [0.15, 0.2) is 0 Å². The number of amides is 2. The zero-order valence-electron chi connectivity index (χ0n) is 22.7. The number of anilines is 1. The lowest BCUT2D eigenvalue weighted by Crippen LogP contribution is -2.46. The fourth-order valence-electron chi connectivity index (χ4n) is 4.53. The van der Waals surface area contributed by atoms with E-state index >= 15 is 0 Å². The summed E-state index contributed by atoms with van der Waals surface area (Å²) in [6, 6.07) is 13.1. The number of methoxy groups -OCH3 is 3. The van der Waals surface area contributed by atoms with Crippen LogP contribution >= 0.6 is 0 Å². The molecule has 2 amide bonds. The lowest BCUT2D eigenvalue weighted by Gasteiger charge is -2.36. The first-order chi connectivity index (χ1) is 17.8. The largest absolute Gasteiger partial charge is 0.496 e. The topological polar surface area (TPSA) is 89.6 Å². The quantitative estimate of drug-likeness (QED) is 0.608. The van der Waals surface area contributed by atoms with Gasteiger partial charge in [-0.25, -0.2) is 0 Å². The van der Waals surface area contributed by atoms with Crippen LogP contribution in [-0.2, 0) is 20.8 Å². The van der Waals surface area contributed by atoms with Gasteiger partial charge < -0.3 is 29.2 Å². The van der Waals surface area contributed by atoms with E-state index in [1.54, 1.807) is 44.4 Å². The summed E-state index contributed by atoms with van der Waals surface area (Å²) in [4.78, 5) is 29.4. The number of carbonyl (C=O) groups excluding carboxylic acids is 2. The van der Waals surface area contributed by atoms with Crippen LogP contribution in [0.25, 0.3) is 0 Å². The first kappa shape index (κ1) is 28.4. The molecule has 1 N–H and O–H groups in total. The van der Waals surface area contributed by atoms with Gasteiger partial charge in [0.1, 0.15) is 24.7 Å². The first-order valence-corrected chi connectivity index (χ1v) is 12.5. The molecule has 1 aliphatic rings. The summed E-state index contributed by atoms with van der Waals surface area (Å²) in [7, 11) is 6.59. The Hall–Kier alpha value is -3.14. The third-order valence-corrected chi connectivity index (χ3v) is 6.70. The van der Waals surface area contributed by atoms with E-state index in [-0.39, 0.29) is 36.5 Å². The molecule has 37 heavy (non-hydrogen) atoms. The van der Waals surface area contributed by atoms with Crippen LogP contribution in [0.15, 0.2) is 42.5 Å². The number of carbonyl (C=O) groups is 2. The van der Waals surface area contributed by atoms with Crippen LogP contribution in [0, 0.1) is 5.92 Å². The number of para-hydroxylation sites is 1. The van der Waals surface area contributed by atoms with Gasteiger partial charge in [0.2, 0.25) is 5.91 Å². The van der Waals surface area contributed by atoms with Gasteiger partial charge >= 0.3 is 0 Å². The third kappa shape index (κ3) is 7.44. The number of nitrogens with zero attached hydrogens (tertiary/aromatic N) is 2. The molecular weight excluding hydrogens is 474 g/mol. The Balaban J connectivity index is 1.95. The van der Waals surface area contributed by atoms with Crippen LogP contribution in [0.3, 0.4) is 0 Å². The van der Waals surface area contributed by atoms with Gasteiger partial charge in [-0.1, -0.05) is 25.1 Å². The lowest BCUT2D eigenvalue weighted by atomic mass is 10.0. The molecule has 3 atom stereocenters. The first-order valence-electron chi connectivity index (χ1n) is 12.5. The van der Waals surface area contributed by atoms with Gasteiger partial charge in [-0.15, -0.1) is 0 Å². The van der Waals surface area contributed by atoms with Gasteiger partial charge in [0.05, 0.1) is 18.8 Å². The van der Waals surface area contributed by atoms with Crippen molar-refractivity contribution < 1.29 is 28.5 Å². The summed E-state index contributed by atoms with van der Waals surface area (Å²) in [6.07, 6.45) is -0.155. The number of benzene rings is 2. The Kier molecular flexibility index (Phi) is 10.3. The van der Waals surface area contributed by atoms with Crippen molar-refractivity contribution in [3.05, 3.63) is 53.6 Å². The molecule has 0 saturated heterocycles. The Morgan fingerprint density at radius 1 is 1.11 bits per heavy atom. The normalized spacial score (nSPS) is 21.3. The van der Waals surface area contributed by atoms with Crippen LogP contribution < -0.4 is 14.8 Å². The van der Waals surface area contributed by atoms with Crippen LogP contribution in [0.2, 0.25) is 0 Å². The highest BCUT2D eigenvalue weighted by atomic mass is 16.5. The molecule has 0 aromatic heterocycles. The summed E-state index contributed by atoms with van der Waals surface area (Å²) in [5, 5.41) is 2.78. The van der Waals surface area contributed by atoms with Crippen molar-refractivity contribution in [2.24, 2.45) is 5.92 Å². The molecule has 0 fully saturated rings. The van der Waals surface area contributed by atoms with Gasteiger partial charge in [-0.3, -0.25) is 14.5 Å². The predicted molar refractivity (Wildman–Crippen MR) is 142 cm³/mol. The minimum atomic E-state index is -0.285. The summed E-state index contributed by atoms with van der Waals surface area (Å²) < 4.78 is 22.6. The van der Waals surface area contributed by atoms with Crippen molar-refractivity contribution in [2.45, 2.75) is 32.5 Å². The second-order valence-corrected chi connectivity index (χ2v) is 9.53. The van der Waals surface area contributed by atoms with Crippen molar-refractivity contribution in [1.29, 1.82) is 0 Å². The molecule has 9 nitrogen and oxygen atoms in total. The maximum atomic E-state index is 13.4. The summed E-state index contributed by atoms with van der Waals surface area (Å²) in [5.74, 6) is 0.948. The highest BCUT2D eigenvalue weighted by Crippen LogP contribution is 2.28. The van der Waals surface area contributed by atoms with Gasteiger partial charge in [-0.05, 0) is 31.0 Å². The van der Waals surface area contributed by atoms with E-state index in [1.165, 1.54) is 7.11 Å². The average Bonchev–Trinajstić information content (AvgIpc) is 2.89. The Bertz CT molecular complexity index is 1060. The minimum absolute atomic E-state index is 0.0108. The summed E-state index contributed by atoms with van der Waals surface area (Å²) >= 11 is 0. The number of hydrogen-bond acceptors (Lipinski definition) is 7. The second-order valence-electron chi connectivity index (χ2n) is 9.53. The van der Waals surface area contributed by atoms with Gasteiger partial charge in [0, 0.05) is 64.3 Å². The average molecular weight is 514 g/mol. The molecule has 0 saturated carbocycles. The monoisotopic (exact) mass is 513 g/mol. The van der Waals surface area contributed by atoms with E-state index in [0.717, 1.165) is 17.9 Å². The zero-order valence-corrected chi connectivity index (χ0v) is 22.7.